The number of oxazole rings is 1. The van der Waals surface area contributed by atoms with Crippen molar-refractivity contribution in [3.63, 3.8) is 0 Å². The van der Waals surface area contributed by atoms with Crippen molar-refractivity contribution < 1.29 is 14.1 Å². The molecule has 3 aromatic carbocycles. The second kappa shape index (κ2) is 8.80. The van der Waals surface area contributed by atoms with E-state index in [4.69, 9.17) is 4.42 Å². The molecule has 0 bridgehead atoms. The molecule has 0 aliphatic carbocycles. The Morgan fingerprint density at radius 2 is 1.89 bits per heavy atom. The van der Waals surface area contributed by atoms with Gasteiger partial charge in [0.1, 0.15) is 6.54 Å². The first-order chi connectivity index (χ1) is 16.8. The third-order valence-electron chi connectivity index (χ3n) is 5.70. The summed E-state index contributed by atoms with van der Waals surface area (Å²) in [7, 11) is 0. The van der Waals surface area contributed by atoms with Gasteiger partial charge in [0, 0.05) is 6.07 Å². The number of anilines is 2. The van der Waals surface area contributed by atoms with Crippen LogP contribution in [0.1, 0.15) is 25.3 Å². The van der Waals surface area contributed by atoms with Crippen LogP contribution in [0.5, 0.6) is 0 Å². The number of nitrogens with zero attached hydrogens (tertiary/aromatic N) is 4. The third kappa shape index (κ3) is 4.19. The molecule has 0 radical (unpaired) electrons. The van der Waals surface area contributed by atoms with E-state index in [1.165, 1.54) is 39.0 Å². The van der Waals surface area contributed by atoms with Gasteiger partial charge in [-0.25, -0.2) is 9.78 Å². The molecule has 0 aliphatic heterocycles. The minimum absolute atomic E-state index is 0.0461. The van der Waals surface area contributed by atoms with Crippen LogP contribution in [-0.4, -0.2) is 20.4 Å². The monoisotopic (exact) mass is 488 g/mol. The Morgan fingerprint density at radius 1 is 1.14 bits per heavy atom. The second-order valence-electron chi connectivity index (χ2n) is 8.30. The van der Waals surface area contributed by atoms with Crippen LogP contribution < -0.4 is 10.7 Å². The fraction of sp³-hybridized carbons (Fsp3) is 0.160. The lowest BCUT2D eigenvalue weighted by molar-refractivity contribution is -0.384. The summed E-state index contributed by atoms with van der Waals surface area (Å²) < 4.78 is 7.29. The Bertz CT molecular complexity index is 1600. The minimum atomic E-state index is -0.770. The van der Waals surface area contributed by atoms with Gasteiger partial charge in [0.05, 0.1) is 32.4 Å². The average molecular weight is 489 g/mol. The Morgan fingerprint density at radius 3 is 2.57 bits per heavy atom. The van der Waals surface area contributed by atoms with Crippen LogP contribution in [0.2, 0.25) is 0 Å². The molecule has 176 valence electrons. The number of rotatable bonds is 6. The molecule has 0 saturated heterocycles. The maximum Gasteiger partial charge on any atom is 0.420 e. The van der Waals surface area contributed by atoms with E-state index >= 15 is 0 Å². The van der Waals surface area contributed by atoms with Crippen molar-refractivity contribution in [2.75, 3.05) is 4.90 Å². The van der Waals surface area contributed by atoms with E-state index in [0.717, 1.165) is 15.8 Å². The Balaban J connectivity index is 1.57. The zero-order valence-corrected chi connectivity index (χ0v) is 19.7. The van der Waals surface area contributed by atoms with Crippen LogP contribution in [0.3, 0.4) is 0 Å². The lowest BCUT2D eigenvalue weighted by atomic mass is 10.0. The zero-order chi connectivity index (χ0) is 24.7. The van der Waals surface area contributed by atoms with Gasteiger partial charge in [-0.2, -0.15) is 0 Å². The fourth-order valence-electron chi connectivity index (χ4n) is 3.85. The molecule has 10 heteroatoms. The smallest absolute Gasteiger partial charge is 0.407 e. The van der Waals surface area contributed by atoms with Gasteiger partial charge in [0.2, 0.25) is 0 Å². The SMILES string of the molecule is CC(C)c1ccc(N(C(=O)Cn2c(=O)oc3cc([N+](=O)[O-])ccc32)c2nc3ccccc3s2)cc1. The molecule has 0 unspecified atom stereocenters. The molecule has 0 saturated carbocycles. The molecule has 2 heterocycles. The largest absolute Gasteiger partial charge is 0.420 e. The summed E-state index contributed by atoms with van der Waals surface area (Å²) in [5, 5.41) is 11.5. The molecular formula is C25H20N4O5S. The van der Waals surface area contributed by atoms with Crippen molar-refractivity contribution in [3.8, 4) is 0 Å². The van der Waals surface area contributed by atoms with E-state index in [1.54, 1.807) is 0 Å². The molecule has 2 aromatic heterocycles. The fourth-order valence-corrected chi connectivity index (χ4v) is 4.85. The highest BCUT2D eigenvalue weighted by Gasteiger charge is 2.25. The summed E-state index contributed by atoms with van der Waals surface area (Å²) in [5.41, 5.74) is 2.66. The maximum atomic E-state index is 13.7. The topological polar surface area (TPSA) is 111 Å². The molecule has 5 rings (SSSR count). The maximum absolute atomic E-state index is 13.7. The van der Waals surface area contributed by atoms with Crippen molar-refractivity contribution in [1.29, 1.82) is 0 Å². The number of nitro groups is 1. The van der Waals surface area contributed by atoms with Crippen molar-refractivity contribution in [2.24, 2.45) is 0 Å². The normalized spacial score (nSPS) is 11.4. The van der Waals surface area contributed by atoms with Crippen molar-refractivity contribution in [1.82, 2.24) is 9.55 Å². The summed E-state index contributed by atoms with van der Waals surface area (Å²) in [4.78, 5) is 42.9. The van der Waals surface area contributed by atoms with Crippen LogP contribution in [0.25, 0.3) is 21.3 Å². The Kier molecular flexibility index (Phi) is 5.65. The van der Waals surface area contributed by atoms with Gasteiger partial charge in [0.15, 0.2) is 10.7 Å². The summed E-state index contributed by atoms with van der Waals surface area (Å²) in [6.45, 7) is 3.85. The predicted octanol–water partition coefficient (Wildman–Crippen LogP) is 5.60. The van der Waals surface area contributed by atoms with Gasteiger partial charge < -0.3 is 4.42 Å². The summed E-state index contributed by atoms with van der Waals surface area (Å²) in [6, 6.07) is 19.1. The Hall–Kier alpha value is -4.31. The van der Waals surface area contributed by atoms with E-state index in [1.807, 2.05) is 48.5 Å². The van der Waals surface area contributed by atoms with Crippen molar-refractivity contribution in [3.05, 3.63) is 93.0 Å². The van der Waals surface area contributed by atoms with Gasteiger partial charge >= 0.3 is 5.76 Å². The number of hydrogen-bond acceptors (Lipinski definition) is 7. The van der Waals surface area contributed by atoms with Gasteiger partial charge in [-0.05, 0) is 41.8 Å². The number of hydrogen-bond donors (Lipinski definition) is 0. The quantitative estimate of drug-likeness (QED) is 0.227. The standard InChI is InChI=1S/C25H20N4O5S/c1-15(2)16-7-9-17(10-8-16)28(24-26-19-5-3-4-6-22(19)35-24)23(30)14-27-20-12-11-18(29(32)33)13-21(20)34-25(27)31/h3-13,15H,14H2,1-2H3. The third-order valence-corrected chi connectivity index (χ3v) is 6.72. The number of carbonyl (C=O) groups is 1. The highest BCUT2D eigenvalue weighted by Crippen LogP contribution is 2.34. The first kappa shape index (κ1) is 22.5. The summed E-state index contributed by atoms with van der Waals surface area (Å²) in [6.07, 6.45) is 0. The molecule has 35 heavy (non-hydrogen) atoms. The number of fused-ring (bicyclic) bond motifs is 2. The van der Waals surface area contributed by atoms with Crippen LogP contribution in [0.15, 0.2) is 75.9 Å². The first-order valence-corrected chi connectivity index (χ1v) is 11.7. The summed E-state index contributed by atoms with van der Waals surface area (Å²) in [5.74, 6) is -0.839. The molecule has 0 fully saturated rings. The van der Waals surface area contributed by atoms with Crippen LogP contribution >= 0.6 is 11.3 Å². The van der Waals surface area contributed by atoms with Gasteiger partial charge in [0.25, 0.3) is 11.6 Å². The number of para-hydroxylation sites is 1. The predicted molar refractivity (Wildman–Crippen MR) is 134 cm³/mol. The zero-order valence-electron chi connectivity index (χ0n) is 18.9. The van der Waals surface area contributed by atoms with Gasteiger partial charge in [-0.15, -0.1) is 0 Å². The highest BCUT2D eigenvalue weighted by atomic mass is 32.1. The number of aromatic nitrogens is 2. The number of amides is 1. The number of non-ortho nitro benzene ring substituents is 1. The van der Waals surface area contributed by atoms with E-state index in [9.17, 15) is 19.7 Å². The molecule has 0 spiro atoms. The van der Waals surface area contributed by atoms with Gasteiger partial charge in [-0.3, -0.25) is 24.4 Å². The summed E-state index contributed by atoms with van der Waals surface area (Å²) >= 11 is 1.37. The Labute approximate surface area is 203 Å². The molecule has 0 aliphatic rings. The van der Waals surface area contributed by atoms with Crippen LogP contribution in [-0.2, 0) is 11.3 Å². The van der Waals surface area contributed by atoms with E-state index in [2.05, 4.69) is 18.8 Å². The lowest BCUT2D eigenvalue weighted by Gasteiger charge is -2.21. The van der Waals surface area contributed by atoms with Crippen molar-refractivity contribution >= 4 is 55.1 Å². The lowest BCUT2D eigenvalue weighted by Crippen LogP contribution is -2.32. The molecule has 1 amide bonds. The molecule has 9 nitrogen and oxygen atoms in total. The van der Waals surface area contributed by atoms with Gasteiger partial charge in [-0.1, -0.05) is 49.4 Å². The molecule has 5 aromatic rings. The molecular weight excluding hydrogens is 468 g/mol. The van der Waals surface area contributed by atoms with Crippen molar-refractivity contribution in [2.45, 2.75) is 26.3 Å². The highest BCUT2D eigenvalue weighted by molar-refractivity contribution is 7.22. The number of thiazole rings is 1. The van der Waals surface area contributed by atoms with Crippen LogP contribution in [0, 0.1) is 10.1 Å². The first-order valence-electron chi connectivity index (χ1n) is 10.9. The molecule has 0 N–H and O–H groups in total. The average Bonchev–Trinajstić information content (AvgIpc) is 3.39. The van der Waals surface area contributed by atoms with E-state index in [0.29, 0.717) is 22.3 Å². The number of benzene rings is 3. The minimum Gasteiger partial charge on any atom is -0.407 e. The van der Waals surface area contributed by atoms with E-state index in [-0.39, 0.29) is 17.8 Å². The number of carbonyl (C=O) groups excluding carboxylic acids is 1. The van der Waals surface area contributed by atoms with E-state index < -0.39 is 16.6 Å². The van der Waals surface area contributed by atoms with Crippen LogP contribution in [0.4, 0.5) is 16.5 Å². The molecule has 0 atom stereocenters. The number of nitro benzene ring substituents is 1. The second-order valence-corrected chi connectivity index (χ2v) is 9.31.